The van der Waals surface area contributed by atoms with Crippen molar-refractivity contribution in [3.8, 4) is 11.5 Å². The number of sulfonamides is 1. The number of amides is 1. The van der Waals surface area contributed by atoms with Gasteiger partial charge < -0.3 is 9.47 Å². The number of carbonyl (C=O) groups is 1. The van der Waals surface area contributed by atoms with E-state index in [4.69, 9.17) is 21.1 Å². The van der Waals surface area contributed by atoms with Crippen LogP contribution in [-0.2, 0) is 14.8 Å². The summed E-state index contributed by atoms with van der Waals surface area (Å²) in [7, 11) is -4.05. The van der Waals surface area contributed by atoms with Gasteiger partial charge in [-0.3, -0.25) is 9.10 Å². The fourth-order valence-electron chi connectivity index (χ4n) is 3.68. The van der Waals surface area contributed by atoms with Crippen LogP contribution in [0.4, 0.5) is 5.69 Å². The van der Waals surface area contributed by atoms with Crippen LogP contribution < -0.4 is 19.2 Å². The van der Waals surface area contributed by atoms with Crippen LogP contribution in [0.1, 0.15) is 23.6 Å². The first-order valence-electron chi connectivity index (χ1n) is 11.2. The van der Waals surface area contributed by atoms with Gasteiger partial charge in [0.05, 0.1) is 16.3 Å². The smallest absolute Gasteiger partial charge is 0.264 e. The minimum atomic E-state index is -4.05. The van der Waals surface area contributed by atoms with E-state index >= 15 is 0 Å². The number of fused-ring (bicyclic) bond motifs is 1. The molecule has 0 radical (unpaired) electrons. The Morgan fingerprint density at radius 2 is 1.69 bits per heavy atom. The Hall–Kier alpha value is -3.56. The van der Waals surface area contributed by atoms with E-state index in [0.29, 0.717) is 46.7 Å². The molecular formula is C26H26ClN3O5S. The number of anilines is 1. The Labute approximate surface area is 215 Å². The van der Waals surface area contributed by atoms with Crippen LogP contribution in [0, 0.1) is 13.8 Å². The van der Waals surface area contributed by atoms with Gasteiger partial charge in [0.25, 0.3) is 15.9 Å². The summed E-state index contributed by atoms with van der Waals surface area (Å²) in [6.07, 6.45) is 0. The fourth-order valence-corrected chi connectivity index (χ4v) is 5.39. The topological polar surface area (TPSA) is 97.3 Å². The number of hydrazone groups is 1. The Balaban J connectivity index is 1.59. The van der Waals surface area contributed by atoms with Gasteiger partial charge in [-0.05, 0) is 74.9 Å². The van der Waals surface area contributed by atoms with Crippen molar-refractivity contribution >= 4 is 38.9 Å². The summed E-state index contributed by atoms with van der Waals surface area (Å²) in [5, 5.41) is 4.64. The standard InChI is InChI=1S/C26H26ClN3O5S/c1-17-4-8-22(9-5-17)36(32,33)30(23-10-7-21(27)14-18(23)2)16-26(31)29-28-19(3)20-6-11-24-25(15-20)35-13-12-34-24/h4-11,14-15H,12-13,16H2,1-3H3,(H,29,31)/b28-19-. The minimum Gasteiger partial charge on any atom is -0.486 e. The molecule has 1 heterocycles. The Bertz CT molecular complexity index is 1420. The zero-order chi connectivity index (χ0) is 25.9. The Morgan fingerprint density at radius 3 is 2.39 bits per heavy atom. The van der Waals surface area contributed by atoms with Crippen molar-refractivity contribution in [2.24, 2.45) is 5.10 Å². The zero-order valence-corrected chi connectivity index (χ0v) is 21.7. The van der Waals surface area contributed by atoms with Crippen LogP contribution in [0.5, 0.6) is 11.5 Å². The van der Waals surface area contributed by atoms with Crippen LogP contribution in [0.15, 0.2) is 70.7 Å². The lowest BCUT2D eigenvalue weighted by Crippen LogP contribution is -2.40. The van der Waals surface area contributed by atoms with Gasteiger partial charge in [0.2, 0.25) is 0 Å². The van der Waals surface area contributed by atoms with Crippen molar-refractivity contribution < 1.29 is 22.7 Å². The molecule has 1 aliphatic rings. The third-order valence-corrected chi connectivity index (χ3v) is 7.64. The van der Waals surface area contributed by atoms with Crippen LogP contribution in [0.3, 0.4) is 0 Å². The number of aryl methyl sites for hydroxylation is 2. The molecule has 0 unspecified atom stereocenters. The lowest BCUT2D eigenvalue weighted by Gasteiger charge is -2.25. The molecular weight excluding hydrogens is 502 g/mol. The molecule has 0 atom stereocenters. The predicted molar refractivity (Wildman–Crippen MR) is 140 cm³/mol. The van der Waals surface area contributed by atoms with Crippen molar-refractivity contribution in [2.75, 3.05) is 24.1 Å². The van der Waals surface area contributed by atoms with Crippen molar-refractivity contribution in [3.63, 3.8) is 0 Å². The first kappa shape index (κ1) is 25.5. The Morgan fingerprint density at radius 1 is 1.00 bits per heavy atom. The second kappa shape index (κ2) is 10.6. The molecule has 1 N–H and O–H groups in total. The molecule has 1 amide bonds. The molecule has 0 saturated carbocycles. The lowest BCUT2D eigenvalue weighted by molar-refractivity contribution is -0.119. The molecule has 3 aromatic rings. The highest BCUT2D eigenvalue weighted by molar-refractivity contribution is 7.92. The third kappa shape index (κ3) is 5.63. The highest BCUT2D eigenvalue weighted by atomic mass is 35.5. The summed E-state index contributed by atoms with van der Waals surface area (Å²) in [5.41, 5.74) is 5.61. The summed E-state index contributed by atoms with van der Waals surface area (Å²) in [4.78, 5) is 13.0. The molecule has 0 aromatic heterocycles. The number of carbonyl (C=O) groups excluding carboxylic acids is 1. The molecule has 0 spiro atoms. The van der Waals surface area contributed by atoms with Gasteiger partial charge in [-0.2, -0.15) is 5.10 Å². The maximum atomic E-state index is 13.6. The summed E-state index contributed by atoms with van der Waals surface area (Å²) in [6, 6.07) is 16.6. The average Bonchev–Trinajstić information content (AvgIpc) is 2.86. The van der Waals surface area contributed by atoms with E-state index in [1.165, 1.54) is 12.1 Å². The predicted octanol–water partition coefficient (Wildman–Crippen LogP) is 4.46. The summed E-state index contributed by atoms with van der Waals surface area (Å²) < 4.78 is 39.3. The quantitative estimate of drug-likeness (QED) is 0.361. The molecule has 0 saturated heterocycles. The van der Waals surface area contributed by atoms with E-state index in [2.05, 4.69) is 10.5 Å². The third-order valence-electron chi connectivity index (χ3n) is 5.63. The maximum Gasteiger partial charge on any atom is 0.264 e. The monoisotopic (exact) mass is 527 g/mol. The zero-order valence-electron chi connectivity index (χ0n) is 20.1. The molecule has 0 aliphatic carbocycles. The lowest BCUT2D eigenvalue weighted by atomic mass is 10.1. The van der Waals surface area contributed by atoms with E-state index in [1.54, 1.807) is 56.3 Å². The molecule has 1 aliphatic heterocycles. The number of hydrogen-bond donors (Lipinski definition) is 1. The average molecular weight is 528 g/mol. The molecule has 8 nitrogen and oxygen atoms in total. The summed E-state index contributed by atoms with van der Waals surface area (Å²) >= 11 is 6.08. The number of nitrogens with one attached hydrogen (secondary N) is 1. The van der Waals surface area contributed by atoms with Gasteiger partial charge >= 0.3 is 0 Å². The van der Waals surface area contributed by atoms with E-state index in [0.717, 1.165) is 15.4 Å². The Kier molecular flexibility index (Phi) is 7.51. The first-order valence-corrected chi connectivity index (χ1v) is 13.1. The van der Waals surface area contributed by atoms with E-state index in [-0.39, 0.29) is 4.90 Å². The van der Waals surface area contributed by atoms with Gasteiger partial charge in [0.1, 0.15) is 19.8 Å². The van der Waals surface area contributed by atoms with Crippen molar-refractivity contribution in [1.82, 2.24) is 5.43 Å². The van der Waals surface area contributed by atoms with Gasteiger partial charge in [-0.1, -0.05) is 29.3 Å². The second-order valence-electron chi connectivity index (χ2n) is 8.35. The van der Waals surface area contributed by atoms with E-state index < -0.39 is 22.5 Å². The van der Waals surface area contributed by atoms with E-state index in [1.807, 2.05) is 13.0 Å². The normalized spacial score (nSPS) is 13.3. The highest BCUT2D eigenvalue weighted by Crippen LogP contribution is 2.31. The van der Waals surface area contributed by atoms with Crippen LogP contribution >= 0.6 is 11.6 Å². The highest BCUT2D eigenvalue weighted by Gasteiger charge is 2.28. The molecule has 3 aromatic carbocycles. The minimum absolute atomic E-state index is 0.0752. The van der Waals surface area contributed by atoms with Crippen LogP contribution in [0.25, 0.3) is 0 Å². The van der Waals surface area contributed by atoms with Crippen LogP contribution in [-0.4, -0.2) is 39.8 Å². The molecule has 4 rings (SSSR count). The van der Waals surface area contributed by atoms with E-state index in [9.17, 15) is 13.2 Å². The van der Waals surface area contributed by atoms with Gasteiger partial charge in [0.15, 0.2) is 11.5 Å². The van der Waals surface area contributed by atoms with Gasteiger partial charge in [-0.25, -0.2) is 13.8 Å². The summed E-state index contributed by atoms with van der Waals surface area (Å²) in [5.74, 6) is 0.655. The molecule has 10 heteroatoms. The molecule has 36 heavy (non-hydrogen) atoms. The number of nitrogens with zero attached hydrogens (tertiary/aromatic N) is 2. The fraction of sp³-hybridized carbons (Fsp3) is 0.231. The maximum absolute atomic E-state index is 13.6. The molecule has 0 bridgehead atoms. The molecule has 188 valence electrons. The molecule has 0 fully saturated rings. The van der Waals surface area contributed by atoms with Gasteiger partial charge in [0, 0.05) is 10.6 Å². The largest absolute Gasteiger partial charge is 0.486 e. The van der Waals surface area contributed by atoms with Crippen LogP contribution in [0.2, 0.25) is 5.02 Å². The summed E-state index contributed by atoms with van der Waals surface area (Å²) in [6.45, 7) is 5.81. The van der Waals surface area contributed by atoms with Crippen molar-refractivity contribution in [3.05, 3.63) is 82.4 Å². The number of hydrogen-bond acceptors (Lipinski definition) is 6. The van der Waals surface area contributed by atoms with Crippen molar-refractivity contribution in [2.45, 2.75) is 25.7 Å². The SMILES string of the molecule is C/C(=N/NC(=O)CN(c1ccc(Cl)cc1C)S(=O)(=O)c1ccc(C)cc1)c1ccc2c(c1)OCCO2. The van der Waals surface area contributed by atoms with Crippen molar-refractivity contribution in [1.29, 1.82) is 0 Å². The second-order valence-corrected chi connectivity index (χ2v) is 10.6. The first-order chi connectivity index (χ1) is 17.1. The number of benzene rings is 3. The number of rotatable bonds is 7. The number of halogens is 1. The van der Waals surface area contributed by atoms with Gasteiger partial charge in [-0.15, -0.1) is 0 Å². The number of ether oxygens (including phenoxy) is 2.